The maximum absolute atomic E-state index is 9.17. The molecule has 0 aromatic rings. The van der Waals surface area contributed by atoms with E-state index in [0.29, 0.717) is 11.5 Å². The van der Waals surface area contributed by atoms with Gasteiger partial charge in [0.05, 0.1) is 11.3 Å². The number of fused-ring (bicyclic) bond motifs is 1. The van der Waals surface area contributed by atoms with Crippen molar-refractivity contribution in [3.63, 3.8) is 0 Å². The van der Waals surface area contributed by atoms with Crippen LogP contribution >= 0.6 is 0 Å². The molecule has 0 bridgehead atoms. The minimum Gasteiger partial charge on any atom is -0.368 e. The highest BCUT2D eigenvalue weighted by Crippen LogP contribution is 2.41. The smallest absolute Gasteiger partial charge is 0.101 e. The second-order valence-electron chi connectivity index (χ2n) is 9.53. The van der Waals surface area contributed by atoms with Crippen molar-refractivity contribution >= 4 is 0 Å². The maximum Gasteiger partial charge on any atom is 0.101 e. The Morgan fingerprint density at radius 3 is 2.03 bits per heavy atom. The van der Waals surface area contributed by atoms with Crippen molar-refractivity contribution in [2.45, 2.75) is 72.1 Å². The molecule has 2 aliphatic carbocycles. The fourth-order valence-corrected chi connectivity index (χ4v) is 5.19. The Labute approximate surface area is 180 Å². The average molecular weight is 398 g/mol. The molecule has 3 rings (SSSR count). The van der Waals surface area contributed by atoms with Crippen LogP contribution in [0.5, 0.6) is 0 Å². The van der Waals surface area contributed by atoms with Gasteiger partial charge in [-0.3, -0.25) is 0 Å². The van der Waals surface area contributed by atoms with Gasteiger partial charge in [0.25, 0.3) is 0 Å². The van der Waals surface area contributed by atoms with Crippen LogP contribution in [0.3, 0.4) is 0 Å². The minimum absolute atomic E-state index is 0.542. The van der Waals surface area contributed by atoms with E-state index in [9.17, 15) is 5.26 Å². The zero-order valence-electron chi connectivity index (χ0n) is 19.3. The molecule has 29 heavy (non-hydrogen) atoms. The molecule has 162 valence electrons. The van der Waals surface area contributed by atoms with Crippen molar-refractivity contribution in [1.29, 1.82) is 5.26 Å². The molecule has 0 radical (unpaired) electrons. The lowest BCUT2D eigenvalue weighted by atomic mass is 9.82. The molecular weight excluding hydrogens is 354 g/mol. The summed E-state index contributed by atoms with van der Waals surface area (Å²) < 4.78 is 0. The van der Waals surface area contributed by atoms with Crippen LogP contribution in [0, 0.1) is 29.1 Å². The van der Waals surface area contributed by atoms with Gasteiger partial charge in [0.15, 0.2) is 0 Å². The van der Waals surface area contributed by atoms with Gasteiger partial charge >= 0.3 is 0 Å². The Morgan fingerprint density at radius 2 is 1.55 bits per heavy atom. The van der Waals surface area contributed by atoms with E-state index in [1.165, 1.54) is 31.1 Å². The van der Waals surface area contributed by atoms with Crippen LogP contribution < -0.4 is 0 Å². The molecule has 0 N–H and O–H groups in total. The molecule has 0 amide bonds. The van der Waals surface area contributed by atoms with E-state index in [4.69, 9.17) is 0 Å². The first kappa shape index (κ1) is 23.7. The van der Waals surface area contributed by atoms with Crippen LogP contribution in [-0.2, 0) is 0 Å². The van der Waals surface area contributed by atoms with Crippen LogP contribution in [0.2, 0.25) is 0 Å². The molecule has 0 spiro atoms. The summed E-state index contributed by atoms with van der Waals surface area (Å²) >= 11 is 0. The highest BCUT2D eigenvalue weighted by atomic mass is 15.3. The summed E-state index contributed by atoms with van der Waals surface area (Å²) in [6, 6.07) is 2.19. The van der Waals surface area contributed by atoms with Gasteiger partial charge in [-0.05, 0) is 36.8 Å². The third-order valence-corrected chi connectivity index (χ3v) is 6.83. The van der Waals surface area contributed by atoms with Gasteiger partial charge in [0, 0.05) is 26.2 Å². The molecule has 2 unspecified atom stereocenters. The SMILES string of the molecule is C1CCC2CCCC2C1.C=C(/C=C(\C(=C)C#N)N1CCN(CC)CC1)CC(C)C. The van der Waals surface area contributed by atoms with Crippen molar-refractivity contribution in [2.24, 2.45) is 17.8 Å². The van der Waals surface area contributed by atoms with Crippen LogP contribution in [0.15, 0.2) is 36.1 Å². The Kier molecular flexibility index (Phi) is 10.0. The van der Waals surface area contributed by atoms with Gasteiger partial charge in [-0.1, -0.05) is 84.4 Å². The highest BCUT2D eigenvalue weighted by molar-refractivity contribution is 5.42. The largest absolute Gasteiger partial charge is 0.368 e. The van der Waals surface area contributed by atoms with Crippen molar-refractivity contribution in [3.05, 3.63) is 36.1 Å². The number of rotatable bonds is 6. The fourth-order valence-electron chi connectivity index (χ4n) is 5.19. The quantitative estimate of drug-likeness (QED) is 0.397. The van der Waals surface area contributed by atoms with E-state index in [0.717, 1.165) is 50.4 Å². The molecule has 3 heteroatoms. The maximum atomic E-state index is 9.17. The lowest BCUT2D eigenvalue weighted by molar-refractivity contribution is 0.167. The summed E-state index contributed by atoms with van der Waals surface area (Å²) in [7, 11) is 0. The first-order chi connectivity index (χ1) is 13.9. The summed E-state index contributed by atoms with van der Waals surface area (Å²) in [6.07, 6.45) is 13.8. The molecule has 1 heterocycles. The van der Waals surface area contributed by atoms with Crippen molar-refractivity contribution in [2.75, 3.05) is 32.7 Å². The van der Waals surface area contributed by atoms with Crippen LogP contribution in [0.1, 0.15) is 72.1 Å². The zero-order valence-corrected chi connectivity index (χ0v) is 19.3. The standard InChI is InChI=1S/C17H27N3.C9H16/c1-6-19-7-9-20(10-8-19)17(16(5)13-18)12-15(4)11-14(2)3;1-2-5-9-7-3-6-8(9)4-1/h12,14H,4-11H2,1-3H3;8-9H,1-7H2/b17-12+;. The monoisotopic (exact) mass is 397 g/mol. The number of hydrogen-bond acceptors (Lipinski definition) is 3. The lowest BCUT2D eigenvalue weighted by Crippen LogP contribution is -2.45. The number of piperazine rings is 1. The predicted molar refractivity (Wildman–Crippen MR) is 124 cm³/mol. The second kappa shape index (κ2) is 12.2. The van der Waals surface area contributed by atoms with Gasteiger partial charge in [-0.2, -0.15) is 5.26 Å². The summed E-state index contributed by atoms with van der Waals surface area (Å²) in [5.74, 6) is 2.91. The molecule has 3 nitrogen and oxygen atoms in total. The van der Waals surface area contributed by atoms with E-state index in [2.05, 4.69) is 49.8 Å². The number of nitriles is 1. The molecular formula is C26H43N3. The van der Waals surface area contributed by atoms with Gasteiger partial charge in [0.1, 0.15) is 6.07 Å². The molecule has 0 aromatic carbocycles. The first-order valence-electron chi connectivity index (χ1n) is 11.9. The topological polar surface area (TPSA) is 30.3 Å². The third kappa shape index (κ3) is 7.67. The number of nitrogens with zero attached hydrogens (tertiary/aromatic N) is 3. The summed E-state index contributed by atoms with van der Waals surface area (Å²) in [5, 5.41) is 9.17. The van der Waals surface area contributed by atoms with E-state index in [1.807, 2.05) is 6.08 Å². The third-order valence-electron chi connectivity index (χ3n) is 6.83. The average Bonchev–Trinajstić information content (AvgIpc) is 3.20. The lowest BCUT2D eigenvalue weighted by Gasteiger charge is -2.36. The van der Waals surface area contributed by atoms with Crippen LogP contribution in [0.4, 0.5) is 0 Å². The number of likely N-dealkylation sites (N-methyl/N-ethyl adjacent to an activating group) is 1. The van der Waals surface area contributed by atoms with Gasteiger partial charge in [0.2, 0.25) is 0 Å². The van der Waals surface area contributed by atoms with E-state index < -0.39 is 0 Å². The fraction of sp³-hybridized carbons (Fsp3) is 0.731. The van der Waals surface area contributed by atoms with Gasteiger partial charge < -0.3 is 9.80 Å². The number of hydrogen-bond donors (Lipinski definition) is 0. The molecule has 3 fully saturated rings. The summed E-state index contributed by atoms with van der Waals surface area (Å²) in [4.78, 5) is 4.69. The number of allylic oxidation sites excluding steroid dienone is 3. The second-order valence-corrected chi connectivity index (χ2v) is 9.53. The van der Waals surface area contributed by atoms with E-state index in [-0.39, 0.29) is 0 Å². The molecule has 0 aromatic heterocycles. The van der Waals surface area contributed by atoms with Gasteiger partial charge in [-0.15, -0.1) is 0 Å². The van der Waals surface area contributed by atoms with Crippen molar-refractivity contribution in [3.8, 4) is 6.07 Å². The minimum atomic E-state index is 0.542. The molecule has 1 saturated heterocycles. The van der Waals surface area contributed by atoms with Crippen molar-refractivity contribution in [1.82, 2.24) is 9.80 Å². The highest BCUT2D eigenvalue weighted by Gasteiger charge is 2.28. The van der Waals surface area contributed by atoms with E-state index >= 15 is 0 Å². The van der Waals surface area contributed by atoms with Crippen LogP contribution in [0.25, 0.3) is 0 Å². The predicted octanol–water partition coefficient (Wildman–Crippen LogP) is 6.17. The summed E-state index contributed by atoms with van der Waals surface area (Å²) in [5.41, 5.74) is 2.57. The molecule has 1 aliphatic heterocycles. The van der Waals surface area contributed by atoms with E-state index in [1.54, 1.807) is 25.7 Å². The molecule has 2 atom stereocenters. The molecule has 3 aliphatic rings. The zero-order chi connectivity index (χ0) is 21.2. The summed E-state index contributed by atoms with van der Waals surface area (Å²) in [6.45, 7) is 19.6. The Morgan fingerprint density at radius 1 is 1.00 bits per heavy atom. The van der Waals surface area contributed by atoms with Gasteiger partial charge in [-0.25, -0.2) is 0 Å². The Balaban J connectivity index is 0.000000272. The first-order valence-corrected chi connectivity index (χ1v) is 11.9. The van der Waals surface area contributed by atoms with Crippen LogP contribution in [-0.4, -0.2) is 42.5 Å². The molecule has 2 saturated carbocycles. The normalized spacial score (nSPS) is 25.1. The van der Waals surface area contributed by atoms with Crippen molar-refractivity contribution < 1.29 is 0 Å². The Hall–Kier alpha value is -1.53. The Bertz CT molecular complexity index is 590.